The van der Waals surface area contributed by atoms with Crippen LogP contribution in [0.25, 0.3) is 0 Å². The monoisotopic (exact) mass is 281 g/mol. The predicted octanol–water partition coefficient (Wildman–Crippen LogP) is 4.48. The van der Waals surface area contributed by atoms with E-state index in [0.717, 1.165) is 16.6 Å². The van der Waals surface area contributed by atoms with Gasteiger partial charge in [0.2, 0.25) is 0 Å². The number of hydrogen-bond acceptors (Lipinski definition) is 2. The van der Waals surface area contributed by atoms with Gasteiger partial charge in [0.05, 0.1) is 0 Å². The van der Waals surface area contributed by atoms with Gasteiger partial charge in [-0.2, -0.15) is 0 Å². The molecular weight excluding hydrogens is 257 g/mol. The molecule has 0 amide bonds. The molecule has 2 rings (SSSR count). The van der Waals surface area contributed by atoms with Crippen molar-refractivity contribution in [3.8, 4) is 0 Å². The normalized spacial score (nSPS) is 19.1. The molecule has 1 unspecified atom stereocenters. The van der Waals surface area contributed by atoms with Crippen molar-refractivity contribution in [2.45, 2.75) is 49.5 Å². The first-order chi connectivity index (χ1) is 9.29. The van der Waals surface area contributed by atoms with Gasteiger partial charge in [-0.25, -0.2) is 4.39 Å². The van der Waals surface area contributed by atoms with Gasteiger partial charge in [0.25, 0.3) is 0 Å². The SMILES string of the molecule is CNC(CSc1ccc(F)cc1)C1CCCCCC1. The van der Waals surface area contributed by atoms with Crippen LogP contribution in [-0.4, -0.2) is 18.8 Å². The summed E-state index contributed by atoms with van der Waals surface area (Å²) in [5, 5.41) is 3.49. The maximum absolute atomic E-state index is 12.9. The van der Waals surface area contributed by atoms with Crippen LogP contribution >= 0.6 is 11.8 Å². The first kappa shape index (κ1) is 14.9. The molecule has 0 saturated heterocycles. The van der Waals surface area contributed by atoms with Crippen molar-refractivity contribution in [1.82, 2.24) is 5.32 Å². The highest BCUT2D eigenvalue weighted by Crippen LogP contribution is 2.29. The van der Waals surface area contributed by atoms with Gasteiger partial charge in [-0.1, -0.05) is 25.7 Å². The Bertz CT molecular complexity index is 358. The minimum absolute atomic E-state index is 0.154. The van der Waals surface area contributed by atoms with E-state index >= 15 is 0 Å². The smallest absolute Gasteiger partial charge is 0.123 e. The largest absolute Gasteiger partial charge is 0.316 e. The van der Waals surface area contributed by atoms with Crippen molar-refractivity contribution in [3.63, 3.8) is 0 Å². The predicted molar refractivity (Wildman–Crippen MR) is 81.2 cm³/mol. The van der Waals surface area contributed by atoms with Crippen LogP contribution in [0.5, 0.6) is 0 Å². The minimum Gasteiger partial charge on any atom is -0.316 e. The molecule has 1 aromatic carbocycles. The van der Waals surface area contributed by atoms with E-state index in [1.165, 1.54) is 38.5 Å². The van der Waals surface area contributed by atoms with Crippen molar-refractivity contribution in [2.24, 2.45) is 5.92 Å². The molecule has 106 valence electrons. The second-order valence-corrected chi connectivity index (χ2v) is 6.51. The molecule has 0 aromatic heterocycles. The summed E-state index contributed by atoms with van der Waals surface area (Å²) in [5.41, 5.74) is 0. The highest BCUT2D eigenvalue weighted by Gasteiger charge is 2.21. The van der Waals surface area contributed by atoms with Crippen LogP contribution in [0.4, 0.5) is 4.39 Å². The first-order valence-electron chi connectivity index (χ1n) is 7.35. The molecule has 0 heterocycles. The number of hydrogen-bond donors (Lipinski definition) is 1. The van der Waals surface area contributed by atoms with E-state index in [4.69, 9.17) is 0 Å². The average Bonchev–Trinajstić information content (AvgIpc) is 2.71. The second-order valence-electron chi connectivity index (χ2n) is 5.41. The van der Waals surface area contributed by atoms with Gasteiger partial charge in [-0.05, 0) is 50.1 Å². The van der Waals surface area contributed by atoms with Gasteiger partial charge >= 0.3 is 0 Å². The minimum atomic E-state index is -0.154. The van der Waals surface area contributed by atoms with Crippen LogP contribution in [0.1, 0.15) is 38.5 Å². The molecule has 3 heteroatoms. The molecule has 1 aliphatic rings. The molecule has 0 aliphatic heterocycles. The van der Waals surface area contributed by atoms with E-state index in [9.17, 15) is 4.39 Å². The zero-order valence-corrected chi connectivity index (χ0v) is 12.5. The molecule has 0 bridgehead atoms. The van der Waals surface area contributed by atoms with E-state index in [2.05, 4.69) is 12.4 Å². The lowest BCUT2D eigenvalue weighted by molar-refractivity contribution is 0.359. The maximum atomic E-state index is 12.9. The van der Waals surface area contributed by atoms with Gasteiger partial charge in [0.1, 0.15) is 5.82 Å². The van der Waals surface area contributed by atoms with Crippen LogP contribution in [0, 0.1) is 11.7 Å². The number of halogens is 1. The van der Waals surface area contributed by atoms with Crippen LogP contribution < -0.4 is 5.32 Å². The second kappa shape index (κ2) is 7.91. The Kier molecular flexibility index (Phi) is 6.18. The molecule has 0 spiro atoms. The summed E-state index contributed by atoms with van der Waals surface area (Å²) in [7, 11) is 2.07. The third kappa shape index (κ3) is 4.81. The van der Waals surface area contributed by atoms with E-state index in [1.807, 2.05) is 23.9 Å². The molecule has 1 saturated carbocycles. The summed E-state index contributed by atoms with van der Waals surface area (Å²) in [6, 6.07) is 7.41. The van der Waals surface area contributed by atoms with Gasteiger partial charge in [0, 0.05) is 16.7 Å². The summed E-state index contributed by atoms with van der Waals surface area (Å²) in [5.74, 6) is 1.73. The third-order valence-electron chi connectivity index (χ3n) is 4.08. The Balaban J connectivity index is 1.85. The van der Waals surface area contributed by atoms with Gasteiger partial charge in [0.15, 0.2) is 0 Å². The topological polar surface area (TPSA) is 12.0 Å². The van der Waals surface area contributed by atoms with Crippen LogP contribution in [-0.2, 0) is 0 Å². The Hall–Kier alpha value is -0.540. The summed E-state index contributed by atoms with van der Waals surface area (Å²) < 4.78 is 12.9. The standard InChI is InChI=1S/C16H24FNS/c1-18-16(13-6-4-2-3-5-7-13)12-19-15-10-8-14(17)9-11-15/h8-11,13,16,18H,2-7,12H2,1H3. The van der Waals surface area contributed by atoms with Crippen LogP contribution in [0.3, 0.4) is 0 Å². The summed E-state index contributed by atoms with van der Waals surface area (Å²) in [6.45, 7) is 0. The first-order valence-corrected chi connectivity index (χ1v) is 8.34. The van der Waals surface area contributed by atoms with Crippen LogP contribution in [0.15, 0.2) is 29.2 Å². The van der Waals surface area contributed by atoms with E-state index in [0.29, 0.717) is 6.04 Å². The molecule has 1 aliphatic carbocycles. The lowest BCUT2D eigenvalue weighted by Gasteiger charge is -2.25. The molecule has 1 nitrogen and oxygen atoms in total. The molecular formula is C16H24FNS. The van der Waals surface area contributed by atoms with Crippen molar-refractivity contribution >= 4 is 11.8 Å². The fourth-order valence-electron chi connectivity index (χ4n) is 2.89. The van der Waals surface area contributed by atoms with Crippen molar-refractivity contribution in [3.05, 3.63) is 30.1 Å². The average molecular weight is 281 g/mol. The fraction of sp³-hybridized carbons (Fsp3) is 0.625. The number of thioether (sulfide) groups is 1. The highest BCUT2D eigenvalue weighted by molar-refractivity contribution is 7.99. The van der Waals surface area contributed by atoms with Crippen LogP contribution in [0.2, 0.25) is 0 Å². The highest BCUT2D eigenvalue weighted by atomic mass is 32.2. The Labute approximate surface area is 120 Å². The van der Waals surface area contributed by atoms with Gasteiger partial charge in [-0.15, -0.1) is 11.8 Å². The summed E-state index contributed by atoms with van der Waals surface area (Å²) >= 11 is 1.83. The van der Waals surface area contributed by atoms with E-state index in [-0.39, 0.29) is 5.82 Å². The molecule has 1 fully saturated rings. The molecule has 1 atom stereocenters. The molecule has 0 radical (unpaired) electrons. The number of rotatable bonds is 5. The zero-order valence-electron chi connectivity index (χ0n) is 11.7. The Morgan fingerprint density at radius 3 is 2.37 bits per heavy atom. The fourth-order valence-corrected chi connectivity index (χ4v) is 4.02. The van der Waals surface area contributed by atoms with Gasteiger partial charge < -0.3 is 5.32 Å². The lowest BCUT2D eigenvalue weighted by Crippen LogP contribution is -2.35. The Morgan fingerprint density at radius 1 is 1.16 bits per heavy atom. The quantitative estimate of drug-likeness (QED) is 0.631. The van der Waals surface area contributed by atoms with Crippen molar-refractivity contribution in [2.75, 3.05) is 12.8 Å². The lowest BCUT2D eigenvalue weighted by atomic mass is 9.93. The summed E-state index contributed by atoms with van der Waals surface area (Å²) in [6.07, 6.45) is 8.27. The molecule has 19 heavy (non-hydrogen) atoms. The van der Waals surface area contributed by atoms with E-state index < -0.39 is 0 Å². The van der Waals surface area contributed by atoms with Crippen molar-refractivity contribution < 1.29 is 4.39 Å². The third-order valence-corrected chi connectivity index (χ3v) is 5.21. The number of benzene rings is 1. The van der Waals surface area contributed by atoms with E-state index in [1.54, 1.807) is 12.1 Å². The summed E-state index contributed by atoms with van der Waals surface area (Å²) in [4.78, 5) is 1.16. The Morgan fingerprint density at radius 2 is 1.79 bits per heavy atom. The molecule has 1 aromatic rings. The van der Waals surface area contributed by atoms with Gasteiger partial charge in [-0.3, -0.25) is 0 Å². The molecule has 1 N–H and O–H groups in total. The zero-order chi connectivity index (χ0) is 13.5. The maximum Gasteiger partial charge on any atom is 0.123 e. The number of nitrogens with one attached hydrogen (secondary N) is 1. The van der Waals surface area contributed by atoms with Crippen molar-refractivity contribution in [1.29, 1.82) is 0 Å².